The monoisotopic (exact) mass is 377 g/mol. The number of hydrogen-bond donors (Lipinski definition) is 0. The molecular formula is C10H17ClInNO3Si. The van der Waals surface area contributed by atoms with Crippen LogP contribution in [0.25, 0.3) is 0 Å². The molecule has 0 fully saturated rings. The van der Waals surface area contributed by atoms with Crippen LogP contribution in [0, 0.1) is 10.1 Å². The molecule has 0 spiro atoms. The summed E-state index contributed by atoms with van der Waals surface area (Å²) in [5, 5.41) is 10.6. The summed E-state index contributed by atoms with van der Waals surface area (Å²) in [4.78, 5) is 10.2. The number of halogens is 1. The summed E-state index contributed by atoms with van der Waals surface area (Å²) >= 11 is 3.83. The molecule has 0 saturated carbocycles. The summed E-state index contributed by atoms with van der Waals surface area (Å²) in [7, 11) is -1.10. The quantitative estimate of drug-likeness (QED) is 0.309. The average Bonchev–Trinajstić information content (AvgIpc) is 2.63. The third kappa shape index (κ3) is 5.59. The first-order valence-electron chi connectivity index (χ1n) is 5.60. The van der Waals surface area contributed by atoms with Crippen molar-refractivity contribution in [3.05, 3.63) is 29.6 Å². The van der Waals surface area contributed by atoms with Crippen LogP contribution in [-0.2, 0) is 4.74 Å². The van der Waals surface area contributed by atoms with Gasteiger partial charge in [-0.2, -0.15) is 0 Å². The van der Waals surface area contributed by atoms with Crippen LogP contribution in [0.15, 0.2) is 19.4 Å². The molecule has 0 amide bonds. The molecule has 0 radical (unpaired) electrons. The van der Waals surface area contributed by atoms with Crippen LogP contribution in [0.5, 0.6) is 0 Å². The molecule has 94 valence electrons. The normalized spacial score (nSPS) is 17.2. The Balaban J connectivity index is 2.38. The number of allylic oxidation sites excluding steroid dienone is 1. The van der Waals surface area contributed by atoms with Crippen molar-refractivity contribution in [1.29, 1.82) is 0 Å². The number of alkyl halides is 1. The first kappa shape index (κ1) is 15.3. The van der Waals surface area contributed by atoms with E-state index in [2.05, 4.69) is 19.6 Å². The standard InChI is InChI=1S/C6H14ClOSi.C4H3NO2.In/c1-9(2,3)5-4-8-6-7;1-3-4(2)5(6)7;/h6H,4-5H2,1-3H3;1-3H;. The summed E-state index contributed by atoms with van der Waals surface area (Å²) in [6.07, 6.45) is 1.57. The van der Waals surface area contributed by atoms with Gasteiger partial charge >= 0.3 is 116 Å². The van der Waals surface area contributed by atoms with Crippen molar-refractivity contribution in [3.8, 4) is 0 Å². The van der Waals surface area contributed by atoms with E-state index in [0.717, 1.165) is 6.04 Å². The molecule has 0 aromatic carbocycles. The van der Waals surface area contributed by atoms with E-state index in [1.54, 1.807) is 9.91 Å². The van der Waals surface area contributed by atoms with Gasteiger partial charge in [0.2, 0.25) is 0 Å². The molecule has 0 bridgehead atoms. The molecular weight excluding hydrogens is 360 g/mol. The third-order valence-electron chi connectivity index (χ3n) is 2.49. The maximum atomic E-state index is 10.6. The van der Waals surface area contributed by atoms with E-state index in [1.165, 1.54) is 0 Å². The van der Waals surface area contributed by atoms with Crippen LogP contribution in [0.3, 0.4) is 0 Å². The Morgan fingerprint density at radius 1 is 1.59 bits per heavy atom. The molecule has 17 heavy (non-hydrogen) atoms. The molecule has 1 heterocycles. The van der Waals surface area contributed by atoms with Gasteiger partial charge in [-0.1, -0.05) is 0 Å². The molecule has 1 aliphatic heterocycles. The molecule has 1 aliphatic rings. The van der Waals surface area contributed by atoms with Crippen molar-refractivity contribution >= 4 is 41.1 Å². The van der Waals surface area contributed by atoms with E-state index < -0.39 is 29.5 Å². The minimum absolute atomic E-state index is 0.185. The second-order valence-electron chi connectivity index (χ2n) is 5.32. The average molecular weight is 378 g/mol. The van der Waals surface area contributed by atoms with Crippen molar-refractivity contribution in [1.82, 2.24) is 0 Å². The van der Waals surface area contributed by atoms with E-state index >= 15 is 0 Å². The van der Waals surface area contributed by atoms with Gasteiger partial charge in [-0.05, 0) is 0 Å². The van der Waals surface area contributed by atoms with E-state index in [4.69, 9.17) is 16.3 Å². The van der Waals surface area contributed by atoms with Gasteiger partial charge in [0.05, 0.1) is 0 Å². The van der Waals surface area contributed by atoms with E-state index in [1.807, 2.05) is 3.83 Å². The van der Waals surface area contributed by atoms with Crippen molar-refractivity contribution in [3.63, 3.8) is 0 Å². The first-order valence-corrected chi connectivity index (χ1v) is 15.4. The molecule has 1 unspecified atom stereocenters. The molecule has 0 saturated heterocycles. The van der Waals surface area contributed by atoms with Crippen LogP contribution in [0.1, 0.15) is 0 Å². The summed E-state index contributed by atoms with van der Waals surface area (Å²) in [6, 6.07) is 1.07. The fraction of sp³-hybridized carbons (Fsp3) is 0.600. The molecule has 0 aromatic heterocycles. The van der Waals surface area contributed by atoms with Gasteiger partial charge in [-0.25, -0.2) is 0 Å². The fourth-order valence-electron chi connectivity index (χ4n) is 1.39. The van der Waals surface area contributed by atoms with Gasteiger partial charge in [0.1, 0.15) is 0 Å². The Bertz CT molecular complexity index is 354. The van der Waals surface area contributed by atoms with Crippen molar-refractivity contribution < 1.29 is 9.66 Å². The zero-order chi connectivity index (χ0) is 13.1. The molecule has 0 aliphatic carbocycles. The Kier molecular flexibility index (Phi) is 5.75. The number of ether oxygens (including phenoxy) is 1. The van der Waals surface area contributed by atoms with Crippen LogP contribution in [0.2, 0.25) is 25.7 Å². The minimum atomic E-state index is -2.32. The predicted octanol–water partition coefficient (Wildman–Crippen LogP) is 2.75. The third-order valence-corrected chi connectivity index (χ3v) is 12.4. The van der Waals surface area contributed by atoms with Gasteiger partial charge in [0, 0.05) is 0 Å². The summed E-state index contributed by atoms with van der Waals surface area (Å²) < 4.78 is 8.97. The molecule has 0 aromatic rings. The Hall–Kier alpha value is 0.217. The maximum absolute atomic E-state index is 10.6. The number of nitro groups is 1. The molecule has 1 rings (SSSR count). The van der Waals surface area contributed by atoms with E-state index in [9.17, 15) is 10.1 Å². The Labute approximate surface area is 115 Å². The first-order chi connectivity index (χ1) is 7.79. The van der Waals surface area contributed by atoms with Crippen LogP contribution >= 0.6 is 11.6 Å². The fourth-order valence-corrected chi connectivity index (χ4v) is 8.52. The van der Waals surface area contributed by atoms with Gasteiger partial charge in [-0.3, -0.25) is 0 Å². The molecule has 7 heteroatoms. The zero-order valence-corrected chi connectivity index (χ0v) is 15.4. The van der Waals surface area contributed by atoms with Gasteiger partial charge in [-0.15, -0.1) is 0 Å². The zero-order valence-electron chi connectivity index (χ0n) is 10.4. The Morgan fingerprint density at radius 2 is 2.24 bits per heavy atom. The van der Waals surface area contributed by atoms with E-state index in [0.29, 0.717) is 6.61 Å². The van der Waals surface area contributed by atoms with Gasteiger partial charge in [0.25, 0.3) is 0 Å². The van der Waals surface area contributed by atoms with Crippen molar-refractivity contribution in [2.75, 3.05) is 6.61 Å². The molecule has 1 atom stereocenters. The van der Waals surface area contributed by atoms with Crippen molar-refractivity contribution in [2.24, 2.45) is 0 Å². The number of hydrogen-bond acceptors (Lipinski definition) is 3. The molecule has 4 nitrogen and oxygen atoms in total. The van der Waals surface area contributed by atoms with E-state index in [-0.39, 0.29) is 13.9 Å². The molecule has 0 N–H and O–H groups in total. The summed E-state index contributed by atoms with van der Waals surface area (Å²) in [6.45, 7) is 7.52. The van der Waals surface area contributed by atoms with Gasteiger partial charge < -0.3 is 0 Å². The van der Waals surface area contributed by atoms with Crippen LogP contribution < -0.4 is 0 Å². The van der Waals surface area contributed by atoms with Crippen molar-refractivity contribution in [2.45, 2.75) is 29.0 Å². The summed E-state index contributed by atoms with van der Waals surface area (Å²) in [5.41, 5.74) is 0.185. The number of rotatable bonds is 6. The van der Waals surface area contributed by atoms with Crippen LogP contribution in [0.4, 0.5) is 0 Å². The topological polar surface area (TPSA) is 52.4 Å². The second-order valence-corrected chi connectivity index (χ2v) is 19.6. The van der Waals surface area contributed by atoms with Crippen LogP contribution in [-0.4, -0.2) is 44.4 Å². The SMILES string of the molecule is C[Si](C)(C)CCO[CH](Cl)[In]1[CH]=CC([N+](=O)[O-])=[CH]1. The number of nitrogens with zero attached hydrogens (tertiary/aromatic N) is 1. The summed E-state index contributed by atoms with van der Waals surface area (Å²) in [5.74, 6) is 0. The Morgan fingerprint density at radius 3 is 2.71 bits per heavy atom. The van der Waals surface area contributed by atoms with Gasteiger partial charge in [0.15, 0.2) is 0 Å². The predicted molar refractivity (Wildman–Crippen MR) is 73.7 cm³/mol. The second kappa shape index (κ2) is 6.40.